The molecule has 25 heavy (non-hydrogen) atoms. The van der Waals surface area contributed by atoms with Crippen LogP contribution in [0.3, 0.4) is 0 Å². The molecule has 0 aliphatic heterocycles. The van der Waals surface area contributed by atoms with E-state index < -0.39 is 12.4 Å². The first-order chi connectivity index (χ1) is 11.8. The molecule has 0 bridgehead atoms. The number of rotatable bonds is 6. The SMILES string of the molecule is CCc1cccc(NC(C)C(=O)Nc2ccc(OC(F)(F)F)cc2)c1. The summed E-state index contributed by atoms with van der Waals surface area (Å²) in [5, 5.41) is 5.74. The molecule has 0 fully saturated rings. The summed E-state index contributed by atoms with van der Waals surface area (Å²) >= 11 is 0. The minimum absolute atomic E-state index is 0.300. The lowest BCUT2D eigenvalue weighted by molar-refractivity contribution is -0.274. The molecule has 0 aliphatic carbocycles. The van der Waals surface area contributed by atoms with E-state index in [2.05, 4.69) is 15.4 Å². The number of hydrogen-bond donors (Lipinski definition) is 2. The number of aryl methyl sites for hydroxylation is 1. The van der Waals surface area contributed by atoms with Crippen LogP contribution in [0.15, 0.2) is 48.5 Å². The van der Waals surface area contributed by atoms with Gasteiger partial charge in [0.25, 0.3) is 0 Å². The predicted octanol–water partition coefficient (Wildman–Crippen LogP) is 4.59. The zero-order valence-electron chi connectivity index (χ0n) is 13.9. The average Bonchev–Trinajstić information content (AvgIpc) is 2.55. The van der Waals surface area contributed by atoms with Crippen molar-refractivity contribution >= 4 is 17.3 Å². The Labute approximate surface area is 144 Å². The smallest absolute Gasteiger partial charge is 0.406 e. The molecule has 1 amide bonds. The average molecular weight is 352 g/mol. The number of benzene rings is 2. The monoisotopic (exact) mass is 352 g/mol. The summed E-state index contributed by atoms with van der Waals surface area (Å²) in [6.45, 7) is 3.75. The van der Waals surface area contributed by atoms with E-state index >= 15 is 0 Å². The third-order valence-corrected chi connectivity index (χ3v) is 3.47. The van der Waals surface area contributed by atoms with Gasteiger partial charge in [0.1, 0.15) is 11.8 Å². The summed E-state index contributed by atoms with van der Waals surface area (Å²) in [6, 6.07) is 12.2. The van der Waals surface area contributed by atoms with Gasteiger partial charge in [-0.25, -0.2) is 0 Å². The molecule has 134 valence electrons. The maximum Gasteiger partial charge on any atom is 0.573 e. The molecule has 1 unspecified atom stereocenters. The Hall–Kier alpha value is -2.70. The number of alkyl halides is 3. The summed E-state index contributed by atoms with van der Waals surface area (Å²) in [6.07, 6.45) is -3.85. The van der Waals surface area contributed by atoms with Crippen LogP contribution in [0.2, 0.25) is 0 Å². The molecule has 2 N–H and O–H groups in total. The molecule has 0 aromatic heterocycles. The Kier molecular flexibility index (Phi) is 5.90. The van der Waals surface area contributed by atoms with Crippen molar-refractivity contribution in [3.05, 3.63) is 54.1 Å². The van der Waals surface area contributed by atoms with E-state index in [0.29, 0.717) is 5.69 Å². The second-order valence-electron chi connectivity index (χ2n) is 5.48. The number of nitrogens with one attached hydrogen (secondary N) is 2. The third-order valence-electron chi connectivity index (χ3n) is 3.47. The minimum Gasteiger partial charge on any atom is -0.406 e. The second kappa shape index (κ2) is 7.92. The molecule has 1 atom stereocenters. The van der Waals surface area contributed by atoms with E-state index in [1.807, 2.05) is 31.2 Å². The van der Waals surface area contributed by atoms with E-state index in [9.17, 15) is 18.0 Å². The minimum atomic E-state index is -4.74. The van der Waals surface area contributed by atoms with Crippen molar-refractivity contribution in [1.29, 1.82) is 0 Å². The summed E-state index contributed by atoms with van der Waals surface area (Å²) < 4.78 is 40.1. The van der Waals surface area contributed by atoms with Crippen LogP contribution in [0, 0.1) is 0 Å². The van der Waals surface area contributed by atoms with Crippen LogP contribution in [-0.4, -0.2) is 18.3 Å². The molecule has 0 spiro atoms. The van der Waals surface area contributed by atoms with Crippen LogP contribution in [-0.2, 0) is 11.2 Å². The predicted molar refractivity (Wildman–Crippen MR) is 90.7 cm³/mol. The number of carbonyl (C=O) groups excluding carboxylic acids is 1. The van der Waals surface area contributed by atoms with Gasteiger partial charge in [-0.2, -0.15) is 0 Å². The van der Waals surface area contributed by atoms with Crippen molar-refractivity contribution in [2.24, 2.45) is 0 Å². The van der Waals surface area contributed by atoms with E-state index in [-0.39, 0.29) is 11.7 Å². The van der Waals surface area contributed by atoms with Crippen LogP contribution in [0.1, 0.15) is 19.4 Å². The molecular weight excluding hydrogens is 333 g/mol. The highest BCUT2D eigenvalue weighted by Gasteiger charge is 2.31. The van der Waals surface area contributed by atoms with Crippen LogP contribution in [0.5, 0.6) is 5.75 Å². The zero-order chi connectivity index (χ0) is 18.4. The Balaban J connectivity index is 1.94. The van der Waals surface area contributed by atoms with Crippen LogP contribution in [0.4, 0.5) is 24.5 Å². The van der Waals surface area contributed by atoms with Crippen LogP contribution < -0.4 is 15.4 Å². The molecule has 0 saturated heterocycles. The molecule has 0 heterocycles. The Morgan fingerprint density at radius 3 is 2.40 bits per heavy atom. The van der Waals surface area contributed by atoms with Gasteiger partial charge in [-0.15, -0.1) is 13.2 Å². The highest BCUT2D eigenvalue weighted by atomic mass is 19.4. The number of ether oxygens (including phenoxy) is 1. The number of carbonyl (C=O) groups is 1. The number of halogens is 3. The lowest BCUT2D eigenvalue weighted by Gasteiger charge is -2.16. The summed E-state index contributed by atoms with van der Waals surface area (Å²) in [7, 11) is 0. The Morgan fingerprint density at radius 2 is 1.80 bits per heavy atom. The molecule has 0 saturated carbocycles. The van der Waals surface area contributed by atoms with E-state index in [0.717, 1.165) is 29.8 Å². The zero-order valence-corrected chi connectivity index (χ0v) is 13.9. The van der Waals surface area contributed by atoms with Crippen molar-refractivity contribution < 1.29 is 22.7 Å². The van der Waals surface area contributed by atoms with Crippen molar-refractivity contribution in [1.82, 2.24) is 0 Å². The van der Waals surface area contributed by atoms with E-state index in [4.69, 9.17) is 0 Å². The maximum atomic E-state index is 12.2. The molecule has 2 aromatic carbocycles. The topological polar surface area (TPSA) is 50.4 Å². The lowest BCUT2D eigenvalue weighted by atomic mass is 10.1. The quantitative estimate of drug-likeness (QED) is 0.800. The Morgan fingerprint density at radius 1 is 1.12 bits per heavy atom. The molecule has 0 aliphatic rings. The molecule has 7 heteroatoms. The first kappa shape index (κ1) is 18.6. The molecular formula is C18H19F3N2O2. The normalized spacial score (nSPS) is 12.4. The van der Waals surface area contributed by atoms with Gasteiger partial charge in [0.2, 0.25) is 5.91 Å². The summed E-state index contributed by atoms with van der Waals surface area (Å²) in [5.74, 6) is -0.639. The van der Waals surface area contributed by atoms with Gasteiger partial charge >= 0.3 is 6.36 Å². The fourth-order valence-corrected chi connectivity index (χ4v) is 2.19. The second-order valence-corrected chi connectivity index (χ2v) is 5.48. The van der Waals surface area contributed by atoms with Crippen LogP contribution >= 0.6 is 0 Å². The highest BCUT2D eigenvalue weighted by molar-refractivity contribution is 5.96. The van der Waals surface area contributed by atoms with Crippen molar-refractivity contribution in [3.8, 4) is 5.75 Å². The molecule has 4 nitrogen and oxygen atoms in total. The van der Waals surface area contributed by atoms with Gasteiger partial charge in [0.05, 0.1) is 0 Å². The fraction of sp³-hybridized carbons (Fsp3) is 0.278. The van der Waals surface area contributed by atoms with Gasteiger partial charge in [-0.05, 0) is 55.3 Å². The lowest BCUT2D eigenvalue weighted by Crippen LogP contribution is -2.31. The highest BCUT2D eigenvalue weighted by Crippen LogP contribution is 2.24. The molecule has 2 rings (SSSR count). The maximum absolute atomic E-state index is 12.2. The first-order valence-electron chi connectivity index (χ1n) is 7.79. The number of anilines is 2. The molecule has 2 aromatic rings. The standard InChI is InChI=1S/C18H19F3N2O2/c1-3-13-5-4-6-15(11-13)22-12(2)17(24)23-14-7-9-16(10-8-14)25-18(19,20)21/h4-12,22H,3H2,1-2H3,(H,23,24). The number of amides is 1. The van der Waals surface area contributed by atoms with Gasteiger partial charge in [-0.1, -0.05) is 19.1 Å². The number of hydrogen-bond acceptors (Lipinski definition) is 3. The van der Waals surface area contributed by atoms with Gasteiger partial charge in [-0.3, -0.25) is 4.79 Å². The van der Waals surface area contributed by atoms with Gasteiger partial charge in [0.15, 0.2) is 0 Å². The van der Waals surface area contributed by atoms with Crippen molar-refractivity contribution in [2.45, 2.75) is 32.7 Å². The fourth-order valence-electron chi connectivity index (χ4n) is 2.19. The van der Waals surface area contributed by atoms with Crippen molar-refractivity contribution in [3.63, 3.8) is 0 Å². The third kappa shape index (κ3) is 6.02. The van der Waals surface area contributed by atoms with Gasteiger partial charge in [0, 0.05) is 11.4 Å². The largest absolute Gasteiger partial charge is 0.573 e. The first-order valence-corrected chi connectivity index (χ1v) is 7.79. The summed E-state index contributed by atoms with van der Waals surface area (Å²) in [5.41, 5.74) is 2.37. The Bertz CT molecular complexity index is 715. The summed E-state index contributed by atoms with van der Waals surface area (Å²) in [4.78, 5) is 12.2. The van der Waals surface area contributed by atoms with Crippen LogP contribution in [0.25, 0.3) is 0 Å². The van der Waals surface area contributed by atoms with Crippen molar-refractivity contribution in [2.75, 3.05) is 10.6 Å². The van der Waals surface area contributed by atoms with E-state index in [1.165, 1.54) is 12.1 Å². The van der Waals surface area contributed by atoms with Gasteiger partial charge < -0.3 is 15.4 Å². The van der Waals surface area contributed by atoms with E-state index in [1.54, 1.807) is 6.92 Å². The molecule has 0 radical (unpaired) electrons.